The highest BCUT2D eigenvalue weighted by Gasteiger charge is 2.48. The zero-order chi connectivity index (χ0) is 19.7. The Morgan fingerprint density at radius 3 is 2.35 bits per heavy atom. The van der Waals surface area contributed by atoms with Gasteiger partial charge in [-0.05, 0) is 29.9 Å². The molecular formula is C19H24F3NO3. The molecule has 1 aliphatic heterocycles. The van der Waals surface area contributed by atoms with Gasteiger partial charge in [0.05, 0.1) is 11.0 Å². The van der Waals surface area contributed by atoms with Crippen molar-refractivity contribution in [3.8, 4) is 0 Å². The van der Waals surface area contributed by atoms with Crippen LogP contribution in [0.15, 0.2) is 24.3 Å². The monoisotopic (exact) mass is 371 g/mol. The Morgan fingerprint density at radius 2 is 1.85 bits per heavy atom. The van der Waals surface area contributed by atoms with Gasteiger partial charge in [-0.2, -0.15) is 13.2 Å². The fraction of sp³-hybridized carbons (Fsp3) is 0.579. The molecule has 1 aromatic rings. The number of likely N-dealkylation sites (tertiary alicyclic amines) is 1. The number of carboxylic acids is 1. The van der Waals surface area contributed by atoms with Gasteiger partial charge in [0.2, 0.25) is 5.91 Å². The first-order chi connectivity index (χ1) is 12.0. The molecule has 1 fully saturated rings. The van der Waals surface area contributed by atoms with Crippen LogP contribution < -0.4 is 0 Å². The van der Waals surface area contributed by atoms with Crippen molar-refractivity contribution < 1.29 is 27.9 Å². The number of benzene rings is 1. The van der Waals surface area contributed by atoms with E-state index >= 15 is 0 Å². The number of amides is 1. The summed E-state index contributed by atoms with van der Waals surface area (Å²) in [5.74, 6) is -1.99. The van der Waals surface area contributed by atoms with Crippen LogP contribution in [0.4, 0.5) is 13.2 Å². The lowest BCUT2D eigenvalue weighted by Gasteiger charge is -2.29. The number of carbonyl (C=O) groups is 2. The topological polar surface area (TPSA) is 57.6 Å². The lowest BCUT2D eigenvalue weighted by atomic mass is 9.76. The summed E-state index contributed by atoms with van der Waals surface area (Å²) < 4.78 is 39.5. The van der Waals surface area contributed by atoms with Crippen molar-refractivity contribution >= 4 is 11.9 Å². The zero-order valence-electron chi connectivity index (χ0n) is 15.1. The molecule has 0 radical (unpaired) electrons. The maximum absolute atomic E-state index is 13.2. The number of halogens is 3. The van der Waals surface area contributed by atoms with Crippen molar-refractivity contribution in [3.63, 3.8) is 0 Å². The van der Waals surface area contributed by atoms with Gasteiger partial charge in [0.25, 0.3) is 0 Å². The van der Waals surface area contributed by atoms with Gasteiger partial charge in [-0.15, -0.1) is 0 Å². The third-order valence-corrected chi connectivity index (χ3v) is 5.46. The zero-order valence-corrected chi connectivity index (χ0v) is 15.1. The summed E-state index contributed by atoms with van der Waals surface area (Å²) in [4.78, 5) is 25.7. The Balaban J connectivity index is 2.13. The third-order valence-electron chi connectivity index (χ3n) is 5.46. The normalized spacial score (nSPS) is 21.9. The fourth-order valence-electron chi connectivity index (χ4n) is 3.62. The molecule has 1 aromatic carbocycles. The first kappa shape index (κ1) is 20.3. The van der Waals surface area contributed by atoms with Crippen LogP contribution in [-0.4, -0.2) is 35.0 Å². The van der Waals surface area contributed by atoms with Crippen LogP contribution in [-0.2, 0) is 15.8 Å². The minimum atomic E-state index is -4.47. The second-order valence-electron chi connectivity index (χ2n) is 7.37. The summed E-state index contributed by atoms with van der Waals surface area (Å²) >= 11 is 0. The summed E-state index contributed by atoms with van der Waals surface area (Å²) in [5, 5.41) is 9.56. The summed E-state index contributed by atoms with van der Waals surface area (Å²) in [5.41, 5.74) is -1.63. The highest BCUT2D eigenvalue weighted by atomic mass is 19.4. The van der Waals surface area contributed by atoms with Crippen LogP contribution in [0.3, 0.4) is 0 Å². The van der Waals surface area contributed by atoms with E-state index in [0.29, 0.717) is 13.0 Å². The molecule has 1 aliphatic rings. The number of carboxylic acid groups (broad SMARTS) is 1. The van der Waals surface area contributed by atoms with Crippen molar-refractivity contribution in [2.75, 3.05) is 13.1 Å². The maximum Gasteiger partial charge on any atom is 0.416 e. The minimum Gasteiger partial charge on any atom is -0.481 e. The van der Waals surface area contributed by atoms with Gasteiger partial charge >= 0.3 is 12.1 Å². The lowest BCUT2D eigenvalue weighted by Crippen LogP contribution is -2.40. The molecule has 0 aromatic heterocycles. The Hall–Kier alpha value is -2.05. The summed E-state index contributed by atoms with van der Waals surface area (Å²) in [6, 6.07) is 5.25. The molecule has 0 saturated carbocycles. The number of alkyl halides is 3. The fourth-order valence-corrected chi connectivity index (χ4v) is 3.62. The maximum atomic E-state index is 13.2. The van der Waals surface area contributed by atoms with E-state index in [-0.39, 0.29) is 30.4 Å². The van der Waals surface area contributed by atoms with E-state index in [2.05, 4.69) is 0 Å². The first-order valence-corrected chi connectivity index (χ1v) is 8.66. The predicted octanol–water partition coefficient (Wildman–Crippen LogP) is 4.16. The van der Waals surface area contributed by atoms with Crippen LogP contribution in [0.25, 0.3) is 0 Å². The second kappa shape index (κ2) is 7.29. The van der Waals surface area contributed by atoms with Gasteiger partial charge in [0.15, 0.2) is 0 Å². The SMILES string of the molecule is CC(CC(=O)N1CCC(C(=O)O)(C(C)C)C1)c1ccccc1C(F)(F)F. The molecule has 1 heterocycles. The van der Waals surface area contributed by atoms with E-state index in [4.69, 9.17) is 0 Å². The Bertz CT molecular complexity index is 687. The van der Waals surface area contributed by atoms with Crippen LogP contribution in [0.2, 0.25) is 0 Å². The molecule has 26 heavy (non-hydrogen) atoms. The van der Waals surface area contributed by atoms with Gasteiger partial charge in [-0.3, -0.25) is 9.59 Å². The van der Waals surface area contributed by atoms with E-state index in [9.17, 15) is 27.9 Å². The highest BCUT2D eigenvalue weighted by Crippen LogP contribution is 2.40. The van der Waals surface area contributed by atoms with Crippen LogP contribution in [0.1, 0.15) is 50.7 Å². The molecule has 2 atom stereocenters. The Kier molecular flexibility index (Phi) is 5.68. The average Bonchev–Trinajstić information content (AvgIpc) is 3.01. The number of rotatable bonds is 5. The molecule has 2 rings (SSSR count). The molecule has 1 saturated heterocycles. The molecule has 0 bridgehead atoms. The summed E-state index contributed by atoms with van der Waals surface area (Å²) in [6.45, 7) is 5.63. The van der Waals surface area contributed by atoms with E-state index < -0.39 is 29.0 Å². The quantitative estimate of drug-likeness (QED) is 0.846. The van der Waals surface area contributed by atoms with E-state index in [0.717, 1.165) is 6.07 Å². The molecule has 1 N–H and O–H groups in total. The number of hydrogen-bond acceptors (Lipinski definition) is 2. The van der Waals surface area contributed by atoms with Gasteiger partial charge in [0, 0.05) is 19.5 Å². The average molecular weight is 371 g/mol. The minimum absolute atomic E-state index is 0.0825. The largest absolute Gasteiger partial charge is 0.481 e. The van der Waals surface area contributed by atoms with Crippen molar-refractivity contribution in [2.24, 2.45) is 11.3 Å². The number of carbonyl (C=O) groups excluding carboxylic acids is 1. The van der Waals surface area contributed by atoms with Gasteiger partial charge < -0.3 is 10.0 Å². The third kappa shape index (κ3) is 3.86. The Labute approximate surface area is 151 Å². The number of nitrogens with zero attached hydrogens (tertiary/aromatic N) is 1. The van der Waals surface area contributed by atoms with E-state index in [1.165, 1.54) is 23.1 Å². The summed E-state index contributed by atoms with van der Waals surface area (Å²) in [7, 11) is 0. The van der Waals surface area contributed by atoms with Gasteiger partial charge in [0.1, 0.15) is 0 Å². The summed E-state index contributed by atoms with van der Waals surface area (Å²) in [6.07, 6.45) is -4.20. The molecule has 2 unspecified atom stereocenters. The second-order valence-corrected chi connectivity index (χ2v) is 7.37. The molecule has 4 nitrogen and oxygen atoms in total. The van der Waals surface area contributed by atoms with Crippen LogP contribution in [0.5, 0.6) is 0 Å². The molecular weight excluding hydrogens is 347 g/mol. The first-order valence-electron chi connectivity index (χ1n) is 8.66. The lowest BCUT2D eigenvalue weighted by molar-refractivity contribution is -0.151. The van der Waals surface area contributed by atoms with Crippen molar-refractivity contribution in [2.45, 2.75) is 45.7 Å². The van der Waals surface area contributed by atoms with Crippen molar-refractivity contribution in [1.29, 1.82) is 0 Å². The van der Waals surface area contributed by atoms with Crippen molar-refractivity contribution in [1.82, 2.24) is 4.90 Å². The van der Waals surface area contributed by atoms with E-state index in [1.807, 2.05) is 13.8 Å². The Morgan fingerprint density at radius 1 is 1.23 bits per heavy atom. The molecule has 0 spiro atoms. The number of aliphatic carboxylic acids is 1. The van der Waals surface area contributed by atoms with Crippen LogP contribution >= 0.6 is 0 Å². The highest BCUT2D eigenvalue weighted by molar-refractivity contribution is 5.81. The molecule has 7 heteroatoms. The van der Waals surface area contributed by atoms with Gasteiger partial charge in [-0.1, -0.05) is 39.0 Å². The van der Waals surface area contributed by atoms with Crippen LogP contribution in [0, 0.1) is 11.3 Å². The smallest absolute Gasteiger partial charge is 0.416 e. The van der Waals surface area contributed by atoms with Crippen molar-refractivity contribution in [3.05, 3.63) is 35.4 Å². The molecule has 1 amide bonds. The molecule has 144 valence electrons. The standard InChI is InChI=1S/C19H24F3NO3/c1-12(2)18(17(25)26)8-9-23(11-18)16(24)10-13(3)14-6-4-5-7-15(14)19(20,21)22/h4-7,12-13H,8-11H2,1-3H3,(H,25,26). The molecule has 0 aliphatic carbocycles. The van der Waals surface area contributed by atoms with Gasteiger partial charge in [-0.25, -0.2) is 0 Å². The predicted molar refractivity (Wildman–Crippen MR) is 90.6 cm³/mol. The van der Waals surface area contributed by atoms with E-state index in [1.54, 1.807) is 6.92 Å². The number of hydrogen-bond donors (Lipinski definition) is 1.